The van der Waals surface area contributed by atoms with E-state index in [9.17, 15) is 9.59 Å². The lowest BCUT2D eigenvalue weighted by atomic mass is 9.90. The van der Waals surface area contributed by atoms with Gasteiger partial charge in [0.15, 0.2) is 0 Å². The Hall–Kier alpha value is -2.59. The fraction of sp³-hybridized carbons (Fsp3) is 0.238. The van der Waals surface area contributed by atoms with Crippen molar-refractivity contribution in [2.45, 2.75) is 25.3 Å². The molecule has 0 heterocycles. The summed E-state index contributed by atoms with van der Waals surface area (Å²) in [6, 6.07) is 14.5. The highest BCUT2D eigenvalue weighted by atomic mass is 35.5. The molecule has 2 aromatic carbocycles. The van der Waals surface area contributed by atoms with E-state index in [-0.39, 0.29) is 18.3 Å². The molecule has 0 spiro atoms. The molecule has 0 fully saturated rings. The standard InChI is InChI=1S/C21H20ClNO3/c1-26-20(24)13-19(15-9-11-16(22)12-10-15)23-21(25)18-8-4-6-14-5-2-3-7-17(14)18/h2-3,5,7-12,19H,4,6,13H2,1H3,(H,23,25). The van der Waals surface area contributed by atoms with Crippen LogP contribution in [0.25, 0.3) is 5.57 Å². The summed E-state index contributed by atoms with van der Waals surface area (Å²) in [6.07, 6.45) is 3.76. The zero-order valence-electron chi connectivity index (χ0n) is 14.5. The monoisotopic (exact) mass is 369 g/mol. The Labute approximate surface area is 157 Å². The molecule has 0 aromatic heterocycles. The molecule has 1 aliphatic carbocycles. The molecule has 1 aliphatic rings. The van der Waals surface area contributed by atoms with Gasteiger partial charge in [0, 0.05) is 10.6 Å². The van der Waals surface area contributed by atoms with Gasteiger partial charge in [0.2, 0.25) is 0 Å². The van der Waals surface area contributed by atoms with Crippen molar-refractivity contribution >= 4 is 29.1 Å². The summed E-state index contributed by atoms with van der Waals surface area (Å²) in [5.41, 5.74) is 3.56. The average Bonchev–Trinajstić information content (AvgIpc) is 2.67. The fourth-order valence-corrected chi connectivity index (χ4v) is 3.26. The quantitative estimate of drug-likeness (QED) is 0.807. The van der Waals surface area contributed by atoms with E-state index in [0.717, 1.165) is 29.5 Å². The number of aryl methyl sites for hydroxylation is 1. The lowest BCUT2D eigenvalue weighted by Crippen LogP contribution is -2.31. The van der Waals surface area contributed by atoms with Crippen LogP contribution in [0.3, 0.4) is 0 Å². The van der Waals surface area contributed by atoms with Gasteiger partial charge in [0.25, 0.3) is 5.91 Å². The van der Waals surface area contributed by atoms with Gasteiger partial charge >= 0.3 is 5.97 Å². The third-order valence-corrected chi connectivity index (χ3v) is 4.74. The first-order valence-corrected chi connectivity index (χ1v) is 8.88. The van der Waals surface area contributed by atoms with E-state index in [1.807, 2.05) is 30.3 Å². The largest absolute Gasteiger partial charge is 0.469 e. The van der Waals surface area contributed by atoms with Crippen molar-refractivity contribution in [1.82, 2.24) is 5.32 Å². The van der Waals surface area contributed by atoms with Crippen molar-refractivity contribution < 1.29 is 14.3 Å². The van der Waals surface area contributed by atoms with Crippen molar-refractivity contribution in [2.24, 2.45) is 0 Å². The molecule has 4 nitrogen and oxygen atoms in total. The SMILES string of the molecule is COC(=O)CC(NC(=O)C1=CCCc2ccccc21)c1ccc(Cl)cc1. The van der Waals surface area contributed by atoms with Crippen LogP contribution < -0.4 is 5.32 Å². The van der Waals surface area contributed by atoms with Crippen LogP contribution in [0.15, 0.2) is 54.6 Å². The Kier molecular flexibility index (Phi) is 5.74. The predicted octanol–water partition coefficient (Wildman–Crippen LogP) is 4.09. The number of carbonyl (C=O) groups excluding carboxylic acids is 2. The molecule has 1 N–H and O–H groups in total. The number of hydrogen-bond donors (Lipinski definition) is 1. The predicted molar refractivity (Wildman–Crippen MR) is 102 cm³/mol. The maximum Gasteiger partial charge on any atom is 0.307 e. The van der Waals surface area contributed by atoms with Crippen LogP contribution >= 0.6 is 11.6 Å². The number of benzene rings is 2. The average molecular weight is 370 g/mol. The number of allylic oxidation sites excluding steroid dienone is 1. The molecule has 1 atom stereocenters. The normalized spacial score (nSPS) is 14.0. The molecule has 134 valence electrons. The molecule has 0 radical (unpaired) electrons. The highest BCUT2D eigenvalue weighted by Gasteiger charge is 2.23. The number of ether oxygens (including phenoxy) is 1. The molecule has 0 saturated carbocycles. The van der Waals surface area contributed by atoms with Gasteiger partial charge in [-0.05, 0) is 41.7 Å². The minimum Gasteiger partial charge on any atom is -0.469 e. The van der Waals surface area contributed by atoms with Gasteiger partial charge in [0.1, 0.15) is 0 Å². The van der Waals surface area contributed by atoms with Crippen molar-refractivity contribution in [2.75, 3.05) is 7.11 Å². The Morgan fingerprint density at radius 1 is 1.15 bits per heavy atom. The third kappa shape index (κ3) is 4.14. The fourth-order valence-electron chi connectivity index (χ4n) is 3.13. The zero-order chi connectivity index (χ0) is 18.5. The Morgan fingerprint density at radius 3 is 2.62 bits per heavy atom. The summed E-state index contributed by atoms with van der Waals surface area (Å²) in [5.74, 6) is -0.579. The zero-order valence-corrected chi connectivity index (χ0v) is 15.3. The topological polar surface area (TPSA) is 55.4 Å². The van der Waals surface area contributed by atoms with Crippen molar-refractivity contribution in [3.63, 3.8) is 0 Å². The molecule has 1 unspecified atom stereocenters. The third-order valence-electron chi connectivity index (χ3n) is 4.49. The summed E-state index contributed by atoms with van der Waals surface area (Å²) in [6.45, 7) is 0. The number of esters is 1. The molecule has 3 rings (SSSR count). The maximum atomic E-state index is 12.9. The summed E-state index contributed by atoms with van der Waals surface area (Å²) in [5, 5.41) is 3.58. The molecule has 0 bridgehead atoms. The Bertz CT molecular complexity index is 843. The van der Waals surface area contributed by atoms with Crippen molar-refractivity contribution in [1.29, 1.82) is 0 Å². The molecule has 0 aliphatic heterocycles. The minimum absolute atomic E-state index is 0.0544. The van der Waals surface area contributed by atoms with Crippen LogP contribution in [0.4, 0.5) is 0 Å². The van der Waals surface area contributed by atoms with E-state index >= 15 is 0 Å². The van der Waals surface area contributed by atoms with Gasteiger partial charge in [-0.15, -0.1) is 0 Å². The van der Waals surface area contributed by atoms with Gasteiger partial charge in [0.05, 0.1) is 19.6 Å². The van der Waals surface area contributed by atoms with Crippen LogP contribution in [-0.2, 0) is 20.7 Å². The second-order valence-corrected chi connectivity index (χ2v) is 6.61. The first-order chi connectivity index (χ1) is 12.6. The summed E-state index contributed by atoms with van der Waals surface area (Å²) in [4.78, 5) is 24.7. The molecular formula is C21H20ClNO3. The van der Waals surface area contributed by atoms with Crippen molar-refractivity contribution in [3.05, 3.63) is 76.3 Å². The lowest BCUT2D eigenvalue weighted by molar-refractivity contribution is -0.141. The number of nitrogens with one attached hydrogen (secondary N) is 1. The second kappa shape index (κ2) is 8.19. The minimum atomic E-state index is -0.484. The molecule has 26 heavy (non-hydrogen) atoms. The number of methoxy groups -OCH3 is 1. The molecule has 0 saturated heterocycles. The highest BCUT2D eigenvalue weighted by Crippen LogP contribution is 2.28. The van der Waals surface area contributed by atoms with Gasteiger partial charge in [-0.25, -0.2) is 0 Å². The first-order valence-electron chi connectivity index (χ1n) is 8.50. The Balaban J connectivity index is 1.84. The van der Waals surface area contributed by atoms with Crippen LogP contribution in [0.2, 0.25) is 5.02 Å². The first kappa shape index (κ1) is 18.2. The lowest BCUT2D eigenvalue weighted by Gasteiger charge is -2.22. The van der Waals surface area contributed by atoms with E-state index in [0.29, 0.717) is 10.6 Å². The number of carbonyl (C=O) groups is 2. The van der Waals surface area contributed by atoms with E-state index < -0.39 is 6.04 Å². The van der Waals surface area contributed by atoms with Gasteiger partial charge in [-0.3, -0.25) is 9.59 Å². The van der Waals surface area contributed by atoms with Gasteiger partial charge in [-0.1, -0.05) is 54.1 Å². The van der Waals surface area contributed by atoms with Crippen molar-refractivity contribution in [3.8, 4) is 0 Å². The van der Waals surface area contributed by atoms with Crippen LogP contribution in [0.1, 0.15) is 35.6 Å². The molecule has 2 aromatic rings. The van der Waals surface area contributed by atoms with Crippen LogP contribution in [0.5, 0.6) is 0 Å². The van der Waals surface area contributed by atoms with E-state index in [2.05, 4.69) is 5.32 Å². The van der Waals surface area contributed by atoms with Crippen LogP contribution in [0, 0.1) is 0 Å². The second-order valence-electron chi connectivity index (χ2n) is 6.17. The smallest absolute Gasteiger partial charge is 0.307 e. The maximum absolute atomic E-state index is 12.9. The number of rotatable bonds is 5. The molecular weight excluding hydrogens is 350 g/mol. The van der Waals surface area contributed by atoms with Gasteiger partial charge < -0.3 is 10.1 Å². The van der Waals surface area contributed by atoms with E-state index in [1.165, 1.54) is 7.11 Å². The van der Waals surface area contributed by atoms with E-state index in [4.69, 9.17) is 16.3 Å². The number of amides is 1. The molecule has 1 amide bonds. The number of hydrogen-bond acceptors (Lipinski definition) is 3. The summed E-state index contributed by atoms with van der Waals surface area (Å²) < 4.78 is 4.78. The highest BCUT2D eigenvalue weighted by molar-refractivity contribution is 6.30. The van der Waals surface area contributed by atoms with E-state index in [1.54, 1.807) is 24.3 Å². The summed E-state index contributed by atoms with van der Waals surface area (Å²) >= 11 is 5.94. The number of fused-ring (bicyclic) bond motifs is 1. The summed E-state index contributed by atoms with van der Waals surface area (Å²) in [7, 11) is 1.34. The van der Waals surface area contributed by atoms with Crippen LogP contribution in [-0.4, -0.2) is 19.0 Å². The number of halogens is 1. The molecule has 5 heteroatoms. The Morgan fingerprint density at radius 2 is 1.88 bits per heavy atom. The van der Waals surface area contributed by atoms with Gasteiger partial charge in [-0.2, -0.15) is 0 Å².